The number of aliphatic imine (C=N–C) groups is 1. The van der Waals surface area contributed by atoms with Crippen LogP contribution in [0.2, 0.25) is 0 Å². The first-order chi connectivity index (χ1) is 14.6. The van der Waals surface area contributed by atoms with Crippen LogP contribution in [0.5, 0.6) is 0 Å². The number of pyridine rings is 1. The van der Waals surface area contributed by atoms with E-state index >= 15 is 0 Å². The third-order valence-electron chi connectivity index (χ3n) is 5.26. The molecule has 7 nitrogen and oxygen atoms in total. The standard InChI is InChI=1S/C23H32N6O.HI/c1-18-8-6-12-21(27-18)28-22(30)13-14-25-23(24-2)26-16-20-11-7-15-29(20)17-19-9-4-3-5-10-19;/h3-6,8-10,12,20H,7,11,13-17H2,1-2H3,(H2,24,25,26)(H,27,28,30);1H. The minimum atomic E-state index is -0.0686. The topological polar surface area (TPSA) is 81.6 Å². The molecule has 3 N–H and O–H groups in total. The van der Waals surface area contributed by atoms with Gasteiger partial charge in [0.25, 0.3) is 0 Å². The molecule has 1 atom stereocenters. The molecule has 1 aromatic heterocycles. The number of hydrogen-bond donors (Lipinski definition) is 3. The van der Waals surface area contributed by atoms with E-state index in [1.165, 1.54) is 18.4 Å². The van der Waals surface area contributed by atoms with Crippen molar-refractivity contribution in [3.05, 3.63) is 59.8 Å². The minimum Gasteiger partial charge on any atom is -0.356 e. The molecule has 0 spiro atoms. The van der Waals surface area contributed by atoms with Crippen LogP contribution in [-0.2, 0) is 11.3 Å². The average Bonchev–Trinajstić information content (AvgIpc) is 3.18. The molecule has 0 bridgehead atoms. The van der Waals surface area contributed by atoms with Crippen molar-refractivity contribution in [1.82, 2.24) is 20.5 Å². The fourth-order valence-electron chi connectivity index (χ4n) is 3.70. The quantitative estimate of drug-likeness (QED) is 0.275. The number of halogens is 1. The Kier molecular flexibility index (Phi) is 10.7. The van der Waals surface area contributed by atoms with Gasteiger partial charge in [0, 0.05) is 44.8 Å². The van der Waals surface area contributed by atoms with Crippen LogP contribution in [0.4, 0.5) is 5.82 Å². The predicted octanol–water partition coefficient (Wildman–Crippen LogP) is 3.17. The first-order valence-corrected chi connectivity index (χ1v) is 10.6. The summed E-state index contributed by atoms with van der Waals surface area (Å²) >= 11 is 0. The number of hydrogen-bond acceptors (Lipinski definition) is 4. The number of benzene rings is 1. The van der Waals surface area contributed by atoms with Gasteiger partial charge in [-0.2, -0.15) is 0 Å². The molecule has 3 rings (SSSR count). The SMILES string of the molecule is CN=C(NCCC(=O)Nc1cccc(C)n1)NCC1CCCN1Cc1ccccc1.I. The highest BCUT2D eigenvalue weighted by molar-refractivity contribution is 14.0. The first kappa shape index (κ1) is 25.1. The smallest absolute Gasteiger partial charge is 0.227 e. The highest BCUT2D eigenvalue weighted by Gasteiger charge is 2.24. The highest BCUT2D eigenvalue weighted by Crippen LogP contribution is 2.19. The molecule has 31 heavy (non-hydrogen) atoms. The van der Waals surface area contributed by atoms with Crippen molar-refractivity contribution < 1.29 is 4.79 Å². The van der Waals surface area contributed by atoms with Crippen LogP contribution in [0.3, 0.4) is 0 Å². The molecule has 8 heteroatoms. The molecule has 1 saturated heterocycles. The summed E-state index contributed by atoms with van der Waals surface area (Å²) in [6, 6.07) is 16.7. The number of nitrogens with one attached hydrogen (secondary N) is 3. The van der Waals surface area contributed by atoms with Crippen LogP contribution in [-0.4, -0.2) is 54.5 Å². The normalized spacial score (nSPS) is 16.5. The summed E-state index contributed by atoms with van der Waals surface area (Å²) in [6.45, 7) is 5.35. The van der Waals surface area contributed by atoms with Crippen molar-refractivity contribution in [2.45, 2.75) is 38.8 Å². The summed E-state index contributed by atoms with van der Waals surface area (Å²) in [5, 5.41) is 9.46. The van der Waals surface area contributed by atoms with Crippen molar-refractivity contribution in [2.75, 3.05) is 32.0 Å². The maximum Gasteiger partial charge on any atom is 0.227 e. The third-order valence-corrected chi connectivity index (χ3v) is 5.26. The number of rotatable bonds is 8. The molecule has 168 valence electrons. The van der Waals surface area contributed by atoms with Gasteiger partial charge in [-0.15, -0.1) is 24.0 Å². The average molecular weight is 536 g/mol. The third kappa shape index (κ3) is 8.45. The number of likely N-dealkylation sites (tertiary alicyclic amines) is 1. The number of aromatic nitrogens is 1. The van der Waals surface area contributed by atoms with Gasteiger partial charge < -0.3 is 16.0 Å². The largest absolute Gasteiger partial charge is 0.356 e. The number of amides is 1. The summed E-state index contributed by atoms with van der Waals surface area (Å²) in [6.07, 6.45) is 2.75. The number of carbonyl (C=O) groups is 1. The van der Waals surface area contributed by atoms with Crippen LogP contribution in [0.1, 0.15) is 30.5 Å². The Morgan fingerprint density at radius 1 is 1.16 bits per heavy atom. The van der Waals surface area contributed by atoms with Gasteiger partial charge in [0.1, 0.15) is 5.82 Å². The van der Waals surface area contributed by atoms with Gasteiger partial charge >= 0.3 is 0 Å². The zero-order chi connectivity index (χ0) is 21.2. The van der Waals surface area contributed by atoms with Gasteiger partial charge in [-0.3, -0.25) is 14.7 Å². The lowest BCUT2D eigenvalue weighted by molar-refractivity contribution is -0.116. The number of anilines is 1. The molecule has 1 unspecified atom stereocenters. The zero-order valence-electron chi connectivity index (χ0n) is 18.3. The molecular formula is C23H33IN6O. The molecule has 1 aliphatic heterocycles. The van der Waals surface area contributed by atoms with Gasteiger partial charge in [0.05, 0.1) is 0 Å². The molecular weight excluding hydrogens is 503 g/mol. The van der Waals surface area contributed by atoms with Crippen LogP contribution in [0.25, 0.3) is 0 Å². The van der Waals surface area contributed by atoms with E-state index in [1.54, 1.807) is 13.1 Å². The highest BCUT2D eigenvalue weighted by atomic mass is 127. The second-order valence-corrected chi connectivity index (χ2v) is 7.59. The lowest BCUT2D eigenvalue weighted by atomic mass is 10.2. The van der Waals surface area contributed by atoms with E-state index in [0.717, 1.165) is 31.3 Å². The predicted molar refractivity (Wildman–Crippen MR) is 137 cm³/mol. The first-order valence-electron chi connectivity index (χ1n) is 10.6. The summed E-state index contributed by atoms with van der Waals surface area (Å²) < 4.78 is 0. The summed E-state index contributed by atoms with van der Waals surface area (Å²) in [5.41, 5.74) is 2.23. The summed E-state index contributed by atoms with van der Waals surface area (Å²) in [4.78, 5) is 23.2. The van der Waals surface area contributed by atoms with Gasteiger partial charge in [-0.1, -0.05) is 36.4 Å². The van der Waals surface area contributed by atoms with E-state index in [2.05, 4.69) is 61.2 Å². The van der Waals surface area contributed by atoms with Crippen LogP contribution >= 0.6 is 24.0 Å². The van der Waals surface area contributed by atoms with Crippen molar-refractivity contribution in [2.24, 2.45) is 4.99 Å². The Morgan fingerprint density at radius 3 is 2.71 bits per heavy atom. The molecule has 1 amide bonds. The van der Waals surface area contributed by atoms with Gasteiger partial charge in [-0.05, 0) is 44.0 Å². The maximum atomic E-state index is 12.1. The molecule has 1 aliphatic rings. The number of carbonyl (C=O) groups excluding carboxylic acids is 1. The second kappa shape index (κ2) is 13.3. The van der Waals surface area contributed by atoms with E-state index in [-0.39, 0.29) is 29.9 Å². The number of guanidine groups is 1. The van der Waals surface area contributed by atoms with E-state index in [1.807, 2.05) is 19.1 Å². The maximum absolute atomic E-state index is 12.1. The molecule has 2 heterocycles. The van der Waals surface area contributed by atoms with Gasteiger partial charge in [0.15, 0.2) is 5.96 Å². The lowest BCUT2D eigenvalue weighted by Crippen LogP contribution is -2.45. The van der Waals surface area contributed by atoms with Crippen molar-refractivity contribution in [1.29, 1.82) is 0 Å². The van der Waals surface area contributed by atoms with E-state index in [4.69, 9.17) is 0 Å². The molecule has 0 aliphatic carbocycles. The molecule has 2 aromatic rings. The number of nitrogens with zero attached hydrogens (tertiary/aromatic N) is 3. The minimum absolute atomic E-state index is 0. The van der Waals surface area contributed by atoms with Crippen molar-refractivity contribution in [3.8, 4) is 0 Å². The Labute approximate surface area is 202 Å². The lowest BCUT2D eigenvalue weighted by Gasteiger charge is -2.25. The fourth-order valence-corrected chi connectivity index (χ4v) is 3.70. The Bertz CT molecular complexity index is 845. The van der Waals surface area contributed by atoms with Crippen LogP contribution < -0.4 is 16.0 Å². The van der Waals surface area contributed by atoms with E-state index < -0.39 is 0 Å². The molecule has 1 fully saturated rings. The number of aryl methyl sites for hydroxylation is 1. The monoisotopic (exact) mass is 536 g/mol. The van der Waals surface area contributed by atoms with Gasteiger partial charge in [0.2, 0.25) is 5.91 Å². The zero-order valence-corrected chi connectivity index (χ0v) is 20.6. The van der Waals surface area contributed by atoms with Crippen molar-refractivity contribution >= 4 is 41.7 Å². The molecule has 0 radical (unpaired) electrons. The fraction of sp³-hybridized carbons (Fsp3) is 0.435. The Balaban J connectivity index is 0.00000341. The Morgan fingerprint density at radius 2 is 1.97 bits per heavy atom. The second-order valence-electron chi connectivity index (χ2n) is 7.59. The van der Waals surface area contributed by atoms with E-state index in [0.29, 0.717) is 24.8 Å². The van der Waals surface area contributed by atoms with Crippen LogP contribution in [0, 0.1) is 6.92 Å². The van der Waals surface area contributed by atoms with E-state index in [9.17, 15) is 4.79 Å². The van der Waals surface area contributed by atoms with Crippen LogP contribution in [0.15, 0.2) is 53.5 Å². The summed E-state index contributed by atoms with van der Waals surface area (Å²) in [5.74, 6) is 1.24. The molecule has 0 saturated carbocycles. The Hall–Kier alpha value is -2.20. The van der Waals surface area contributed by atoms with Gasteiger partial charge in [-0.25, -0.2) is 4.98 Å². The summed E-state index contributed by atoms with van der Waals surface area (Å²) in [7, 11) is 1.75. The molecule has 1 aromatic carbocycles. The van der Waals surface area contributed by atoms with Crippen molar-refractivity contribution in [3.63, 3.8) is 0 Å².